The molecule has 2 rings (SSSR count). The van der Waals surface area contributed by atoms with Gasteiger partial charge in [0.1, 0.15) is 0 Å². The van der Waals surface area contributed by atoms with E-state index in [1.54, 1.807) is 24.3 Å². The highest BCUT2D eigenvalue weighted by molar-refractivity contribution is 9.10. The van der Waals surface area contributed by atoms with Gasteiger partial charge >= 0.3 is 0 Å². The third-order valence-corrected chi connectivity index (χ3v) is 3.54. The number of rotatable bonds is 3. The van der Waals surface area contributed by atoms with E-state index in [1.807, 2.05) is 25.1 Å². The molecule has 4 heteroatoms. The average Bonchev–Trinajstić information content (AvgIpc) is 2.43. The van der Waals surface area contributed by atoms with Gasteiger partial charge in [0.2, 0.25) is 5.91 Å². The Hall–Kier alpha value is -2.12. The van der Waals surface area contributed by atoms with E-state index >= 15 is 0 Å². The summed E-state index contributed by atoms with van der Waals surface area (Å²) in [6, 6.07) is 14.9. The fraction of sp³-hybridized carbons (Fsp3) is 0.125. The summed E-state index contributed by atoms with van der Waals surface area (Å²) in [6.07, 6.45) is 0.284. The number of amides is 1. The molecular formula is C16H13BrN2O. The molecule has 1 N–H and O–H groups in total. The standard InChI is InChI=1S/C16H13BrN2O/c1-11-2-7-14(17)15(8-11)19-16(20)9-12-3-5-13(10-18)6-4-12/h2-8H,9H2,1H3,(H,19,20). The highest BCUT2D eigenvalue weighted by atomic mass is 79.9. The van der Waals surface area contributed by atoms with Crippen molar-refractivity contribution in [1.29, 1.82) is 5.26 Å². The van der Waals surface area contributed by atoms with Gasteiger partial charge in [0.25, 0.3) is 0 Å². The van der Waals surface area contributed by atoms with Crippen LogP contribution in [0.25, 0.3) is 0 Å². The quantitative estimate of drug-likeness (QED) is 0.931. The van der Waals surface area contributed by atoms with Crippen molar-refractivity contribution in [3.63, 3.8) is 0 Å². The normalized spacial score (nSPS) is 9.85. The summed E-state index contributed by atoms with van der Waals surface area (Å²) < 4.78 is 0.858. The van der Waals surface area contributed by atoms with Crippen LogP contribution in [0.4, 0.5) is 5.69 Å². The van der Waals surface area contributed by atoms with E-state index in [-0.39, 0.29) is 12.3 Å². The summed E-state index contributed by atoms with van der Waals surface area (Å²) in [5.74, 6) is -0.0824. The molecule has 0 spiro atoms. The molecule has 3 nitrogen and oxygen atoms in total. The number of nitrogens with zero attached hydrogens (tertiary/aromatic N) is 1. The summed E-state index contributed by atoms with van der Waals surface area (Å²) in [4.78, 5) is 12.0. The van der Waals surface area contributed by atoms with Crippen LogP contribution in [-0.2, 0) is 11.2 Å². The van der Waals surface area contributed by atoms with Crippen molar-refractivity contribution in [2.75, 3.05) is 5.32 Å². The maximum atomic E-state index is 12.0. The van der Waals surface area contributed by atoms with Gasteiger partial charge in [0, 0.05) is 4.47 Å². The molecule has 20 heavy (non-hydrogen) atoms. The topological polar surface area (TPSA) is 52.9 Å². The number of carbonyl (C=O) groups is 1. The van der Waals surface area contributed by atoms with Gasteiger partial charge in [-0.25, -0.2) is 0 Å². The molecule has 2 aromatic carbocycles. The number of nitriles is 1. The molecule has 0 radical (unpaired) electrons. The van der Waals surface area contributed by atoms with E-state index in [0.717, 1.165) is 21.3 Å². The highest BCUT2D eigenvalue weighted by Crippen LogP contribution is 2.23. The van der Waals surface area contributed by atoms with Crippen molar-refractivity contribution in [1.82, 2.24) is 0 Å². The molecule has 0 aromatic heterocycles. The summed E-state index contributed by atoms with van der Waals surface area (Å²) in [7, 11) is 0. The zero-order valence-corrected chi connectivity index (χ0v) is 12.6. The lowest BCUT2D eigenvalue weighted by atomic mass is 10.1. The summed E-state index contributed by atoms with van der Waals surface area (Å²) in [5, 5.41) is 11.6. The number of anilines is 1. The van der Waals surface area contributed by atoms with Crippen molar-refractivity contribution in [3.8, 4) is 6.07 Å². The Morgan fingerprint density at radius 2 is 1.95 bits per heavy atom. The monoisotopic (exact) mass is 328 g/mol. The molecule has 2 aromatic rings. The first-order valence-electron chi connectivity index (χ1n) is 6.13. The van der Waals surface area contributed by atoms with Crippen LogP contribution in [0.15, 0.2) is 46.9 Å². The molecule has 1 amide bonds. The molecule has 0 bridgehead atoms. The number of carbonyl (C=O) groups excluding carboxylic acids is 1. The van der Waals surface area contributed by atoms with Crippen LogP contribution >= 0.6 is 15.9 Å². The predicted octanol–water partition coefficient (Wildman–Crippen LogP) is 3.81. The van der Waals surface area contributed by atoms with Gasteiger partial charge in [0.05, 0.1) is 23.7 Å². The SMILES string of the molecule is Cc1ccc(Br)c(NC(=O)Cc2ccc(C#N)cc2)c1. The number of hydrogen-bond acceptors (Lipinski definition) is 2. The third kappa shape index (κ3) is 3.69. The Balaban J connectivity index is 2.05. The third-order valence-electron chi connectivity index (χ3n) is 2.84. The fourth-order valence-electron chi connectivity index (χ4n) is 1.81. The van der Waals surface area contributed by atoms with Gasteiger partial charge in [0.15, 0.2) is 0 Å². The molecule has 0 atom stereocenters. The Labute approximate surface area is 126 Å². The second-order valence-electron chi connectivity index (χ2n) is 4.52. The van der Waals surface area contributed by atoms with Crippen LogP contribution in [0.1, 0.15) is 16.7 Å². The second-order valence-corrected chi connectivity index (χ2v) is 5.37. The molecule has 0 heterocycles. The van der Waals surface area contributed by atoms with Crippen LogP contribution in [0.3, 0.4) is 0 Å². The lowest BCUT2D eigenvalue weighted by Gasteiger charge is -2.08. The van der Waals surface area contributed by atoms with Crippen molar-refractivity contribution in [2.45, 2.75) is 13.3 Å². The minimum atomic E-state index is -0.0824. The van der Waals surface area contributed by atoms with Crippen LogP contribution in [-0.4, -0.2) is 5.91 Å². The fourth-order valence-corrected chi connectivity index (χ4v) is 2.16. The summed E-state index contributed by atoms with van der Waals surface area (Å²) >= 11 is 3.41. The smallest absolute Gasteiger partial charge is 0.228 e. The van der Waals surface area contributed by atoms with E-state index in [2.05, 4.69) is 27.3 Å². The number of hydrogen-bond donors (Lipinski definition) is 1. The first-order valence-corrected chi connectivity index (χ1v) is 6.93. The van der Waals surface area contributed by atoms with Gasteiger partial charge in [-0.15, -0.1) is 0 Å². The van der Waals surface area contributed by atoms with Gasteiger partial charge in [-0.05, 0) is 58.2 Å². The van der Waals surface area contributed by atoms with E-state index in [4.69, 9.17) is 5.26 Å². The van der Waals surface area contributed by atoms with Crippen LogP contribution in [0, 0.1) is 18.3 Å². The lowest BCUT2D eigenvalue weighted by molar-refractivity contribution is -0.115. The Bertz CT molecular complexity index is 672. The molecule has 0 aliphatic heterocycles. The second kappa shape index (κ2) is 6.36. The minimum Gasteiger partial charge on any atom is -0.325 e. The Kier molecular flexibility index (Phi) is 4.54. The molecule has 0 aliphatic rings. The van der Waals surface area contributed by atoms with Gasteiger partial charge in [-0.1, -0.05) is 18.2 Å². The maximum absolute atomic E-state index is 12.0. The molecule has 0 aliphatic carbocycles. The highest BCUT2D eigenvalue weighted by Gasteiger charge is 2.07. The van der Waals surface area contributed by atoms with Crippen LogP contribution in [0.5, 0.6) is 0 Å². The zero-order chi connectivity index (χ0) is 14.5. The first kappa shape index (κ1) is 14.3. The molecule has 0 saturated carbocycles. The molecular weight excluding hydrogens is 316 g/mol. The number of halogens is 1. The summed E-state index contributed by atoms with van der Waals surface area (Å²) in [5.41, 5.74) is 3.33. The van der Waals surface area contributed by atoms with Crippen LogP contribution < -0.4 is 5.32 Å². The average molecular weight is 329 g/mol. The van der Waals surface area contributed by atoms with Gasteiger partial charge in [-0.3, -0.25) is 4.79 Å². The van der Waals surface area contributed by atoms with E-state index in [9.17, 15) is 4.79 Å². The zero-order valence-electron chi connectivity index (χ0n) is 11.0. The first-order chi connectivity index (χ1) is 9.58. The number of benzene rings is 2. The molecule has 0 unspecified atom stereocenters. The van der Waals surface area contributed by atoms with Crippen molar-refractivity contribution in [2.24, 2.45) is 0 Å². The van der Waals surface area contributed by atoms with E-state index < -0.39 is 0 Å². The Morgan fingerprint density at radius 1 is 1.25 bits per heavy atom. The largest absolute Gasteiger partial charge is 0.325 e. The number of nitrogens with one attached hydrogen (secondary N) is 1. The molecule has 0 saturated heterocycles. The summed E-state index contributed by atoms with van der Waals surface area (Å²) in [6.45, 7) is 1.97. The minimum absolute atomic E-state index is 0.0824. The predicted molar refractivity (Wildman–Crippen MR) is 82.4 cm³/mol. The number of aryl methyl sites for hydroxylation is 1. The molecule has 100 valence electrons. The van der Waals surface area contributed by atoms with Crippen LogP contribution in [0.2, 0.25) is 0 Å². The Morgan fingerprint density at radius 3 is 2.60 bits per heavy atom. The van der Waals surface area contributed by atoms with Gasteiger partial charge in [-0.2, -0.15) is 5.26 Å². The van der Waals surface area contributed by atoms with Crippen molar-refractivity contribution < 1.29 is 4.79 Å². The molecule has 0 fully saturated rings. The van der Waals surface area contributed by atoms with Crippen molar-refractivity contribution >= 4 is 27.5 Å². The van der Waals surface area contributed by atoms with E-state index in [1.165, 1.54) is 0 Å². The van der Waals surface area contributed by atoms with Gasteiger partial charge < -0.3 is 5.32 Å². The lowest BCUT2D eigenvalue weighted by Crippen LogP contribution is -2.14. The van der Waals surface area contributed by atoms with Crippen molar-refractivity contribution in [3.05, 3.63) is 63.6 Å². The maximum Gasteiger partial charge on any atom is 0.228 e. The van der Waals surface area contributed by atoms with E-state index in [0.29, 0.717) is 5.56 Å².